The average molecular weight is 268 g/mol. The van der Waals surface area contributed by atoms with Crippen molar-refractivity contribution in [2.75, 3.05) is 0 Å². The van der Waals surface area contributed by atoms with Gasteiger partial charge in [0, 0.05) is 0 Å². The largest absolute Gasteiger partial charge is 1.00 e. The van der Waals surface area contributed by atoms with Gasteiger partial charge in [-0.15, -0.1) is 0 Å². The van der Waals surface area contributed by atoms with Crippen molar-refractivity contribution >= 4 is 6.16 Å². The van der Waals surface area contributed by atoms with Crippen LogP contribution in [-0.4, -0.2) is 55.4 Å². The first-order valence-electron chi connectivity index (χ1n) is 0.612. The molecule has 0 radical (unpaired) electrons. The Bertz CT molecular complexity index is 36.6. The van der Waals surface area contributed by atoms with Gasteiger partial charge < -0.3 is 64.3 Å². The van der Waals surface area contributed by atoms with Crippen molar-refractivity contribution in [3.63, 3.8) is 0 Å². The number of carbonyl (C=O) groups is 1. The fourth-order valence-corrected chi connectivity index (χ4v) is 0. The van der Waals surface area contributed by atoms with E-state index in [-0.39, 0.29) is 108 Å². The minimum absolute atomic E-state index is 0. The molecule has 0 bridgehead atoms. The quantitative estimate of drug-likeness (QED) is 0.386. The van der Waals surface area contributed by atoms with Crippen LogP contribution in [0.1, 0.15) is 0 Å². The molecule has 0 rings (SSSR count). The second-order valence-electron chi connectivity index (χ2n) is 0.250. The predicted octanol–water partition coefficient (Wildman–Crippen LogP) is -15.9. The van der Waals surface area contributed by atoms with Gasteiger partial charge in [0.2, 0.25) is 0 Å². The van der Waals surface area contributed by atoms with Crippen LogP contribution in [0.4, 0.5) is 4.79 Å². The van der Waals surface area contributed by atoms with E-state index in [1.807, 2.05) is 0 Å². The first-order valence-corrected chi connectivity index (χ1v) is 0.612. The van der Waals surface area contributed by atoms with Crippen LogP contribution in [0.15, 0.2) is 0 Å². The Balaban J connectivity index is -0.000000000818. The molecule has 12 nitrogen and oxygen atoms in total. The van der Waals surface area contributed by atoms with Crippen LogP contribution in [0.25, 0.3) is 0 Å². The molecule has 0 saturated carbocycles. The van der Waals surface area contributed by atoms with Gasteiger partial charge in [-0.3, -0.25) is 0 Å². The molecule has 0 fully saturated rings. The zero-order chi connectivity index (χ0) is 3.58. The Morgan fingerprint density at radius 3 is 0.533 bits per heavy atom. The molecule has 0 atom stereocenters. The van der Waals surface area contributed by atoms with E-state index in [0.29, 0.717) is 0 Å². The maximum Gasteiger partial charge on any atom is 1.00 e. The van der Waals surface area contributed by atoms with E-state index in [9.17, 15) is 0 Å². The number of rotatable bonds is 0. The van der Waals surface area contributed by atoms with Gasteiger partial charge in [0.15, 0.2) is 0 Å². The molecule has 96 valence electrons. The standard InChI is InChI=1S/CH2O3.2Na.9H2O/c2-1(3)4;;;;;;;;;;;/h(H2,2,3,4);;;9*1H2/q;2*+1;;;;;;;;;/p-2. The van der Waals surface area contributed by atoms with Crippen molar-refractivity contribution in [3.05, 3.63) is 0 Å². The number of carboxylic acid groups (broad SMARTS) is 2. The van der Waals surface area contributed by atoms with Crippen molar-refractivity contribution in [3.8, 4) is 0 Å². The summed E-state index contributed by atoms with van der Waals surface area (Å²) < 4.78 is 0. The zero-order valence-electron chi connectivity index (χ0n) is 8.22. The summed E-state index contributed by atoms with van der Waals surface area (Å²) >= 11 is 0. The molecule has 14 heteroatoms. The van der Waals surface area contributed by atoms with Crippen LogP contribution in [0.2, 0.25) is 0 Å². The summed E-state index contributed by atoms with van der Waals surface area (Å²) in [6.07, 6.45) is -2.33. The molecule has 0 spiro atoms. The average Bonchev–Trinajstić information content (AvgIpc) is 0.811. The van der Waals surface area contributed by atoms with Crippen molar-refractivity contribution in [2.24, 2.45) is 0 Å². The fourth-order valence-electron chi connectivity index (χ4n) is 0. The molecule has 0 aromatic carbocycles. The van der Waals surface area contributed by atoms with Crippen LogP contribution in [-0.2, 0) is 0 Å². The molecule has 0 heterocycles. The van der Waals surface area contributed by atoms with Crippen LogP contribution >= 0.6 is 0 Å². The minimum atomic E-state index is -2.33. The van der Waals surface area contributed by atoms with Crippen molar-refractivity contribution in [1.82, 2.24) is 0 Å². The molecule has 0 aliphatic rings. The van der Waals surface area contributed by atoms with E-state index < -0.39 is 6.16 Å². The third kappa shape index (κ3) is 3000. The van der Waals surface area contributed by atoms with Gasteiger partial charge in [-0.1, -0.05) is 0 Å². The summed E-state index contributed by atoms with van der Waals surface area (Å²) in [6.45, 7) is 0. The predicted molar refractivity (Wildman–Crippen MR) is 37.9 cm³/mol. The molecular formula is CH18Na2O12. The molecule has 0 aromatic rings. The maximum atomic E-state index is 8.33. The Morgan fingerprint density at radius 1 is 0.533 bits per heavy atom. The van der Waals surface area contributed by atoms with Gasteiger partial charge >= 0.3 is 59.1 Å². The van der Waals surface area contributed by atoms with E-state index in [2.05, 4.69) is 0 Å². The van der Waals surface area contributed by atoms with Gasteiger partial charge in [-0.05, 0) is 6.16 Å². The van der Waals surface area contributed by atoms with Crippen molar-refractivity contribution in [1.29, 1.82) is 0 Å². The van der Waals surface area contributed by atoms with E-state index in [1.54, 1.807) is 0 Å². The van der Waals surface area contributed by atoms with Crippen molar-refractivity contribution in [2.45, 2.75) is 0 Å². The third-order valence-electron chi connectivity index (χ3n) is 0. The topological polar surface area (TPSA) is 347 Å². The van der Waals surface area contributed by atoms with E-state index >= 15 is 0 Å². The summed E-state index contributed by atoms with van der Waals surface area (Å²) in [6, 6.07) is 0. The number of hydrogen-bond acceptors (Lipinski definition) is 3. The normalized spacial score (nSPS) is 1.60. The smallest absolute Gasteiger partial charge is 0.652 e. The van der Waals surface area contributed by atoms with Gasteiger partial charge in [0.25, 0.3) is 0 Å². The number of carbonyl (C=O) groups excluding carboxylic acids is 1. The summed E-state index contributed by atoms with van der Waals surface area (Å²) in [7, 11) is 0. The Hall–Kier alpha value is 0.910. The van der Waals surface area contributed by atoms with E-state index in [4.69, 9.17) is 15.0 Å². The summed E-state index contributed by atoms with van der Waals surface area (Å²) in [5, 5.41) is 16.7. The summed E-state index contributed by atoms with van der Waals surface area (Å²) in [5.74, 6) is 0. The molecule has 0 unspecified atom stereocenters. The van der Waals surface area contributed by atoms with Crippen molar-refractivity contribution < 1.29 is 123 Å². The van der Waals surface area contributed by atoms with Gasteiger partial charge in [0.05, 0.1) is 0 Å². The monoisotopic (exact) mass is 268 g/mol. The third-order valence-corrected chi connectivity index (χ3v) is 0. The van der Waals surface area contributed by atoms with E-state index in [0.717, 1.165) is 0 Å². The molecule has 0 aromatic heterocycles. The number of hydrogen-bond donors (Lipinski definition) is 0. The Labute approximate surface area is 129 Å². The molecule has 15 heavy (non-hydrogen) atoms. The van der Waals surface area contributed by atoms with Crippen LogP contribution < -0.4 is 69.3 Å². The molecule has 0 amide bonds. The van der Waals surface area contributed by atoms with Crippen LogP contribution in [0.5, 0.6) is 0 Å². The second-order valence-corrected chi connectivity index (χ2v) is 0.250. The molecule has 18 N–H and O–H groups in total. The Morgan fingerprint density at radius 2 is 0.533 bits per heavy atom. The van der Waals surface area contributed by atoms with Gasteiger partial charge in [-0.25, -0.2) is 0 Å². The SMILES string of the molecule is O.O.O.O.O.O.O.O.O.O=C([O-])[O-].[Na+].[Na+]. The maximum absolute atomic E-state index is 8.33. The summed E-state index contributed by atoms with van der Waals surface area (Å²) in [5.41, 5.74) is 0. The molecule has 0 aliphatic heterocycles. The first-order chi connectivity index (χ1) is 1.73. The first kappa shape index (κ1) is 231. The molecule has 0 saturated heterocycles. The summed E-state index contributed by atoms with van der Waals surface area (Å²) in [4.78, 5) is 8.33. The van der Waals surface area contributed by atoms with Gasteiger partial charge in [-0.2, -0.15) is 0 Å². The zero-order valence-corrected chi connectivity index (χ0v) is 12.2. The second kappa shape index (κ2) is 189. The van der Waals surface area contributed by atoms with E-state index in [1.165, 1.54) is 0 Å². The fraction of sp³-hybridized carbons (Fsp3) is 0. The molecular weight excluding hydrogens is 250 g/mol. The van der Waals surface area contributed by atoms with Crippen LogP contribution in [0, 0.1) is 0 Å². The van der Waals surface area contributed by atoms with Crippen LogP contribution in [0.3, 0.4) is 0 Å². The van der Waals surface area contributed by atoms with Gasteiger partial charge in [0.1, 0.15) is 0 Å². The minimum Gasteiger partial charge on any atom is -0.652 e. The molecule has 0 aliphatic carbocycles. The Kier molecular flexibility index (Phi) is 2910.